The van der Waals surface area contributed by atoms with E-state index in [0.717, 1.165) is 42.9 Å². The smallest absolute Gasteiger partial charge is 0.254 e. The van der Waals surface area contributed by atoms with Crippen LogP contribution < -0.4 is 15.8 Å². The van der Waals surface area contributed by atoms with E-state index >= 15 is 0 Å². The van der Waals surface area contributed by atoms with Crippen LogP contribution in [0.15, 0.2) is 24.3 Å². The molecule has 1 aromatic heterocycles. The highest BCUT2D eigenvalue weighted by Crippen LogP contribution is 2.35. The molecule has 1 aromatic carbocycles. The average Bonchev–Trinajstić information content (AvgIpc) is 2.94. The molecule has 0 unspecified atom stereocenters. The molecule has 1 aliphatic heterocycles. The number of likely N-dealkylation sites (N-methyl/N-ethyl adjacent to an activating group) is 1. The third-order valence-electron chi connectivity index (χ3n) is 4.47. The van der Waals surface area contributed by atoms with Crippen LogP contribution >= 0.6 is 11.3 Å². The van der Waals surface area contributed by atoms with Gasteiger partial charge in [0.2, 0.25) is 0 Å². The molecule has 1 aliphatic rings. The van der Waals surface area contributed by atoms with Crippen molar-refractivity contribution in [3.05, 3.63) is 45.8 Å². The summed E-state index contributed by atoms with van der Waals surface area (Å²) in [6.45, 7) is 5.47. The number of rotatable bonds is 5. The van der Waals surface area contributed by atoms with Gasteiger partial charge in [0, 0.05) is 30.1 Å². The van der Waals surface area contributed by atoms with Crippen LogP contribution in [0.1, 0.15) is 33.3 Å². The van der Waals surface area contributed by atoms with E-state index in [1.165, 1.54) is 4.88 Å². The van der Waals surface area contributed by atoms with Gasteiger partial charge in [0.15, 0.2) is 0 Å². The SMILES string of the molecule is CCN1CCc2c(sc(N)c2C(=O)NCc2ccccc2OC)C1. The number of fused-ring (bicyclic) bond motifs is 1. The van der Waals surface area contributed by atoms with E-state index in [1.807, 2.05) is 24.3 Å². The van der Waals surface area contributed by atoms with Gasteiger partial charge in [-0.25, -0.2) is 0 Å². The zero-order valence-electron chi connectivity index (χ0n) is 14.1. The third kappa shape index (κ3) is 3.25. The monoisotopic (exact) mass is 345 g/mol. The third-order valence-corrected chi connectivity index (χ3v) is 5.52. The molecular weight excluding hydrogens is 322 g/mol. The van der Waals surface area contributed by atoms with Crippen molar-refractivity contribution >= 4 is 22.2 Å². The summed E-state index contributed by atoms with van der Waals surface area (Å²) in [6, 6.07) is 7.69. The largest absolute Gasteiger partial charge is 0.496 e. The lowest BCUT2D eigenvalue weighted by Gasteiger charge is -2.25. The van der Waals surface area contributed by atoms with E-state index in [4.69, 9.17) is 10.5 Å². The number of benzene rings is 1. The number of amides is 1. The fourth-order valence-corrected chi connectivity index (χ4v) is 4.27. The predicted molar refractivity (Wildman–Crippen MR) is 97.6 cm³/mol. The van der Waals surface area contributed by atoms with Crippen LogP contribution in [0.3, 0.4) is 0 Å². The summed E-state index contributed by atoms with van der Waals surface area (Å²) in [7, 11) is 1.63. The molecule has 0 saturated carbocycles. The molecule has 5 nitrogen and oxygen atoms in total. The fourth-order valence-electron chi connectivity index (χ4n) is 3.11. The molecule has 6 heteroatoms. The van der Waals surface area contributed by atoms with Gasteiger partial charge in [0.25, 0.3) is 5.91 Å². The van der Waals surface area contributed by atoms with Crippen molar-refractivity contribution < 1.29 is 9.53 Å². The Hall–Kier alpha value is -2.05. The molecular formula is C18H23N3O2S. The van der Waals surface area contributed by atoms with Crippen LogP contribution in [-0.4, -0.2) is 31.0 Å². The maximum Gasteiger partial charge on any atom is 0.254 e. The number of carbonyl (C=O) groups is 1. The highest BCUT2D eigenvalue weighted by molar-refractivity contribution is 7.16. The summed E-state index contributed by atoms with van der Waals surface area (Å²) >= 11 is 1.54. The maximum atomic E-state index is 12.7. The van der Waals surface area contributed by atoms with Crippen LogP contribution in [0.4, 0.5) is 5.00 Å². The second-order valence-electron chi connectivity index (χ2n) is 5.86. The lowest BCUT2D eigenvalue weighted by Crippen LogP contribution is -2.31. The average molecular weight is 345 g/mol. The summed E-state index contributed by atoms with van der Waals surface area (Å²) in [5.41, 5.74) is 8.89. The Morgan fingerprint density at radius 2 is 2.21 bits per heavy atom. The van der Waals surface area contributed by atoms with E-state index in [1.54, 1.807) is 18.4 Å². The van der Waals surface area contributed by atoms with Gasteiger partial charge in [-0.15, -0.1) is 11.3 Å². The number of carbonyl (C=O) groups excluding carboxylic acids is 1. The Morgan fingerprint density at radius 1 is 1.42 bits per heavy atom. The second kappa shape index (κ2) is 7.23. The van der Waals surface area contributed by atoms with Gasteiger partial charge in [-0.1, -0.05) is 25.1 Å². The Kier molecular flexibility index (Phi) is 5.06. The fraction of sp³-hybridized carbons (Fsp3) is 0.389. The van der Waals surface area contributed by atoms with E-state index in [-0.39, 0.29) is 5.91 Å². The normalized spacial score (nSPS) is 14.2. The predicted octanol–water partition coefficient (Wildman–Crippen LogP) is 2.65. The second-order valence-corrected chi connectivity index (χ2v) is 6.99. The van der Waals surface area contributed by atoms with Crippen molar-refractivity contribution in [3.63, 3.8) is 0 Å². The minimum Gasteiger partial charge on any atom is -0.496 e. The number of thiophene rings is 1. The number of hydrogen-bond donors (Lipinski definition) is 2. The standard InChI is InChI=1S/C18H23N3O2S/c1-3-21-9-8-13-15(11-21)24-17(19)16(13)18(22)20-10-12-6-4-5-7-14(12)23-2/h4-7H,3,8-11,19H2,1-2H3,(H,20,22). The molecule has 0 radical (unpaired) electrons. The first kappa shape index (κ1) is 16.8. The van der Waals surface area contributed by atoms with Gasteiger partial charge in [-0.05, 0) is 24.6 Å². The van der Waals surface area contributed by atoms with Gasteiger partial charge < -0.3 is 15.8 Å². The Labute approximate surface area is 146 Å². The number of nitrogens with zero attached hydrogens (tertiary/aromatic N) is 1. The maximum absolute atomic E-state index is 12.7. The summed E-state index contributed by atoms with van der Waals surface area (Å²) in [6.07, 6.45) is 0.883. The van der Waals surface area contributed by atoms with Crippen molar-refractivity contribution in [2.75, 3.05) is 25.9 Å². The van der Waals surface area contributed by atoms with Gasteiger partial charge in [0.05, 0.1) is 17.7 Å². The zero-order valence-corrected chi connectivity index (χ0v) is 14.9. The van der Waals surface area contributed by atoms with Crippen LogP contribution in [0.25, 0.3) is 0 Å². The molecule has 0 aliphatic carbocycles. The molecule has 1 amide bonds. The van der Waals surface area contributed by atoms with Crippen LogP contribution in [0.5, 0.6) is 5.75 Å². The first-order valence-corrected chi connectivity index (χ1v) is 8.98. The Balaban J connectivity index is 1.75. The van der Waals surface area contributed by atoms with Crippen molar-refractivity contribution in [2.45, 2.75) is 26.4 Å². The van der Waals surface area contributed by atoms with Crippen LogP contribution in [0.2, 0.25) is 0 Å². The van der Waals surface area contributed by atoms with Crippen LogP contribution in [-0.2, 0) is 19.5 Å². The first-order chi connectivity index (χ1) is 11.6. The molecule has 0 saturated heterocycles. The molecule has 24 heavy (non-hydrogen) atoms. The van der Waals surface area contributed by atoms with Gasteiger partial charge in [-0.3, -0.25) is 9.69 Å². The molecule has 0 spiro atoms. The zero-order chi connectivity index (χ0) is 17.1. The molecule has 0 bridgehead atoms. The molecule has 0 fully saturated rings. The number of para-hydroxylation sites is 1. The van der Waals surface area contributed by atoms with E-state index in [0.29, 0.717) is 17.1 Å². The van der Waals surface area contributed by atoms with Crippen LogP contribution in [0, 0.1) is 0 Å². The van der Waals surface area contributed by atoms with Crippen molar-refractivity contribution in [3.8, 4) is 5.75 Å². The summed E-state index contributed by atoms with van der Waals surface area (Å²) in [5, 5.41) is 3.61. The Bertz CT molecular complexity index is 742. The summed E-state index contributed by atoms with van der Waals surface area (Å²) in [4.78, 5) is 16.3. The number of methoxy groups -OCH3 is 1. The topological polar surface area (TPSA) is 67.6 Å². The number of ether oxygens (including phenoxy) is 1. The molecule has 3 N–H and O–H groups in total. The van der Waals surface area contributed by atoms with Gasteiger partial charge in [-0.2, -0.15) is 0 Å². The van der Waals surface area contributed by atoms with Gasteiger partial charge >= 0.3 is 0 Å². The highest BCUT2D eigenvalue weighted by Gasteiger charge is 2.26. The van der Waals surface area contributed by atoms with E-state index < -0.39 is 0 Å². The number of nitrogens with two attached hydrogens (primary N) is 1. The summed E-state index contributed by atoms with van der Waals surface area (Å²) < 4.78 is 5.33. The molecule has 0 atom stereocenters. The van der Waals surface area contributed by atoms with Crippen molar-refractivity contribution in [2.24, 2.45) is 0 Å². The lowest BCUT2D eigenvalue weighted by atomic mass is 10.0. The molecule has 2 aromatic rings. The number of anilines is 1. The minimum absolute atomic E-state index is 0.0964. The number of nitrogen functional groups attached to an aromatic ring is 1. The minimum atomic E-state index is -0.0964. The van der Waals surface area contributed by atoms with Crippen molar-refractivity contribution in [1.29, 1.82) is 0 Å². The van der Waals surface area contributed by atoms with Gasteiger partial charge in [0.1, 0.15) is 5.75 Å². The number of hydrogen-bond acceptors (Lipinski definition) is 5. The molecule has 2 heterocycles. The van der Waals surface area contributed by atoms with Crippen molar-refractivity contribution in [1.82, 2.24) is 10.2 Å². The Morgan fingerprint density at radius 3 is 2.96 bits per heavy atom. The van der Waals surface area contributed by atoms with E-state index in [9.17, 15) is 4.79 Å². The first-order valence-electron chi connectivity index (χ1n) is 8.16. The quantitative estimate of drug-likeness (QED) is 0.874. The number of nitrogens with one attached hydrogen (secondary N) is 1. The van der Waals surface area contributed by atoms with E-state index in [2.05, 4.69) is 17.1 Å². The molecule has 3 rings (SSSR count). The highest BCUT2D eigenvalue weighted by atomic mass is 32.1. The molecule has 128 valence electrons. The lowest BCUT2D eigenvalue weighted by molar-refractivity contribution is 0.0950. The summed E-state index contributed by atoms with van der Waals surface area (Å²) in [5.74, 6) is 0.678.